The van der Waals surface area contributed by atoms with Crippen LogP contribution in [0.4, 0.5) is 0 Å². The molecule has 1 aliphatic heterocycles. The van der Waals surface area contributed by atoms with Crippen LogP contribution in [-0.4, -0.2) is 6.61 Å². The summed E-state index contributed by atoms with van der Waals surface area (Å²) >= 11 is 0. The maximum Gasteiger partial charge on any atom is 0.122 e. The van der Waals surface area contributed by atoms with E-state index in [0.717, 1.165) is 6.61 Å². The summed E-state index contributed by atoms with van der Waals surface area (Å²) in [5.74, 6) is 0. The van der Waals surface area contributed by atoms with Gasteiger partial charge in [0, 0.05) is 0 Å². The number of aryl methyl sites for hydroxylation is 1. The van der Waals surface area contributed by atoms with Crippen LogP contribution in [0.25, 0.3) is 0 Å². The van der Waals surface area contributed by atoms with Crippen LogP contribution in [0.1, 0.15) is 31.9 Å². The van der Waals surface area contributed by atoms with Crippen molar-refractivity contribution in [2.24, 2.45) is 5.41 Å². The first-order chi connectivity index (χ1) is 6.47. The summed E-state index contributed by atoms with van der Waals surface area (Å²) in [6.07, 6.45) is 0. The minimum Gasteiger partial charge on any atom is -0.364 e. The lowest BCUT2D eigenvalue weighted by Gasteiger charge is -2.29. The average molecular weight is 190 g/mol. The van der Waals surface area contributed by atoms with Gasteiger partial charge in [0.1, 0.15) is 5.60 Å². The Kier molecular flexibility index (Phi) is 1.97. The zero-order chi connectivity index (χ0) is 10.4. The molecule has 1 fully saturated rings. The number of hydrogen-bond donors (Lipinski definition) is 0. The van der Waals surface area contributed by atoms with E-state index in [1.165, 1.54) is 11.1 Å². The lowest BCUT2D eigenvalue weighted by Crippen LogP contribution is -2.28. The minimum atomic E-state index is -0.0294. The monoisotopic (exact) mass is 190 g/mol. The number of epoxide rings is 1. The fourth-order valence-corrected chi connectivity index (χ4v) is 2.09. The van der Waals surface area contributed by atoms with Gasteiger partial charge in [-0.2, -0.15) is 0 Å². The Labute approximate surface area is 86.1 Å². The lowest BCUT2D eigenvalue weighted by molar-refractivity contribution is 0.155. The van der Waals surface area contributed by atoms with Gasteiger partial charge in [0.15, 0.2) is 0 Å². The molecule has 1 aromatic carbocycles. The Bertz CT molecular complexity index is 342. The second-order valence-electron chi connectivity index (χ2n) is 5.18. The Morgan fingerprint density at radius 3 is 2.21 bits per heavy atom. The Morgan fingerprint density at radius 1 is 1.21 bits per heavy atom. The van der Waals surface area contributed by atoms with Crippen molar-refractivity contribution < 1.29 is 4.74 Å². The summed E-state index contributed by atoms with van der Waals surface area (Å²) in [6.45, 7) is 9.75. The lowest BCUT2D eigenvalue weighted by atomic mass is 9.75. The van der Waals surface area contributed by atoms with Gasteiger partial charge in [-0.3, -0.25) is 0 Å². The molecule has 1 nitrogen and oxygen atoms in total. The zero-order valence-electron chi connectivity index (χ0n) is 9.42. The minimum absolute atomic E-state index is 0.0294. The van der Waals surface area contributed by atoms with Crippen molar-refractivity contribution in [2.45, 2.75) is 33.3 Å². The van der Waals surface area contributed by atoms with E-state index >= 15 is 0 Å². The van der Waals surface area contributed by atoms with Crippen LogP contribution in [0.3, 0.4) is 0 Å². The van der Waals surface area contributed by atoms with E-state index in [-0.39, 0.29) is 11.0 Å². The van der Waals surface area contributed by atoms with Crippen molar-refractivity contribution in [1.29, 1.82) is 0 Å². The van der Waals surface area contributed by atoms with E-state index in [9.17, 15) is 0 Å². The molecule has 14 heavy (non-hydrogen) atoms. The van der Waals surface area contributed by atoms with Crippen molar-refractivity contribution in [3.63, 3.8) is 0 Å². The van der Waals surface area contributed by atoms with Crippen LogP contribution in [-0.2, 0) is 10.3 Å². The molecule has 1 atom stereocenters. The van der Waals surface area contributed by atoms with E-state index in [1.807, 2.05) is 0 Å². The molecule has 1 aromatic rings. The molecule has 1 saturated heterocycles. The number of hydrogen-bond acceptors (Lipinski definition) is 1. The number of rotatable bonds is 1. The van der Waals surface area contributed by atoms with Gasteiger partial charge in [-0.05, 0) is 23.5 Å². The topological polar surface area (TPSA) is 12.5 Å². The standard InChI is InChI=1S/C13H18O/c1-10-7-5-6-8-11(10)13(9-14-13)12(2,3)4/h5-8H,9H2,1-4H3. The van der Waals surface area contributed by atoms with Crippen LogP contribution in [0.15, 0.2) is 24.3 Å². The van der Waals surface area contributed by atoms with Crippen LogP contribution >= 0.6 is 0 Å². The maximum absolute atomic E-state index is 5.73. The third-order valence-corrected chi connectivity index (χ3v) is 3.22. The summed E-state index contributed by atoms with van der Waals surface area (Å²) < 4.78 is 5.73. The van der Waals surface area contributed by atoms with Crippen LogP contribution in [0, 0.1) is 12.3 Å². The first kappa shape index (κ1) is 9.72. The third kappa shape index (κ3) is 1.27. The number of benzene rings is 1. The smallest absolute Gasteiger partial charge is 0.122 e. The van der Waals surface area contributed by atoms with Gasteiger partial charge in [0.25, 0.3) is 0 Å². The highest BCUT2D eigenvalue weighted by molar-refractivity contribution is 5.36. The van der Waals surface area contributed by atoms with Gasteiger partial charge in [0.05, 0.1) is 6.61 Å². The maximum atomic E-state index is 5.73. The highest BCUT2D eigenvalue weighted by Crippen LogP contribution is 2.53. The summed E-state index contributed by atoms with van der Waals surface area (Å²) in [7, 11) is 0. The highest BCUT2D eigenvalue weighted by Gasteiger charge is 2.55. The molecule has 0 saturated carbocycles. The molecular weight excluding hydrogens is 172 g/mol. The predicted molar refractivity (Wildman–Crippen MR) is 58.3 cm³/mol. The van der Waals surface area contributed by atoms with Crippen LogP contribution < -0.4 is 0 Å². The normalized spacial score (nSPS) is 26.3. The van der Waals surface area contributed by atoms with E-state index in [2.05, 4.69) is 52.0 Å². The van der Waals surface area contributed by atoms with Gasteiger partial charge in [-0.15, -0.1) is 0 Å². The summed E-state index contributed by atoms with van der Waals surface area (Å²) in [5.41, 5.74) is 2.84. The molecule has 0 spiro atoms. The Morgan fingerprint density at radius 2 is 1.79 bits per heavy atom. The van der Waals surface area contributed by atoms with Crippen molar-refractivity contribution in [1.82, 2.24) is 0 Å². The van der Waals surface area contributed by atoms with E-state index in [0.29, 0.717) is 0 Å². The van der Waals surface area contributed by atoms with Crippen molar-refractivity contribution in [3.8, 4) is 0 Å². The first-order valence-electron chi connectivity index (χ1n) is 5.17. The van der Waals surface area contributed by atoms with Crippen molar-refractivity contribution in [3.05, 3.63) is 35.4 Å². The largest absolute Gasteiger partial charge is 0.364 e. The fourth-order valence-electron chi connectivity index (χ4n) is 2.09. The van der Waals surface area contributed by atoms with Gasteiger partial charge >= 0.3 is 0 Å². The number of ether oxygens (including phenoxy) is 1. The molecular formula is C13H18O. The Hall–Kier alpha value is -0.820. The van der Waals surface area contributed by atoms with Gasteiger partial charge in [-0.1, -0.05) is 45.0 Å². The van der Waals surface area contributed by atoms with Gasteiger partial charge in [0.2, 0.25) is 0 Å². The summed E-state index contributed by atoms with van der Waals surface area (Å²) in [6, 6.07) is 8.52. The van der Waals surface area contributed by atoms with Crippen LogP contribution in [0.5, 0.6) is 0 Å². The SMILES string of the molecule is Cc1ccccc1C1(C(C)(C)C)CO1. The molecule has 2 rings (SSSR count). The van der Waals surface area contributed by atoms with E-state index in [1.54, 1.807) is 0 Å². The summed E-state index contributed by atoms with van der Waals surface area (Å²) in [5, 5.41) is 0. The predicted octanol–water partition coefficient (Wildman–Crippen LogP) is 3.27. The molecule has 76 valence electrons. The first-order valence-corrected chi connectivity index (χ1v) is 5.17. The quantitative estimate of drug-likeness (QED) is 0.619. The van der Waals surface area contributed by atoms with Crippen LogP contribution in [0.2, 0.25) is 0 Å². The summed E-state index contributed by atoms with van der Waals surface area (Å²) in [4.78, 5) is 0. The van der Waals surface area contributed by atoms with Gasteiger partial charge < -0.3 is 4.74 Å². The molecule has 0 N–H and O–H groups in total. The Balaban J connectivity index is 2.46. The second-order valence-corrected chi connectivity index (χ2v) is 5.18. The fraction of sp³-hybridized carbons (Fsp3) is 0.538. The molecule has 1 heterocycles. The van der Waals surface area contributed by atoms with Crippen molar-refractivity contribution in [2.75, 3.05) is 6.61 Å². The molecule has 0 aliphatic carbocycles. The zero-order valence-corrected chi connectivity index (χ0v) is 9.42. The molecule has 0 amide bonds. The molecule has 0 aromatic heterocycles. The van der Waals surface area contributed by atoms with E-state index < -0.39 is 0 Å². The van der Waals surface area contributed by atoms with Crippen molar-refractivity contribution >= 4 is 0 Å². The average Bonchev–Trinajstić information content (AvgIpc) is 2.84. The molecule has 0 bridgehead atoms. The molecule has 1 aliphatic rings. The second kappa shape index (κ2) is 2.83. The molecule has 1 unspecified atom stereocenters. The third-order valence-electron chi connectivity index (χ3n) is 3.22. The van der Waals surface area contributed by atoms with E-state index in [4.69, 9.17) is 4.74 Å². The molecule has 1 heteroatoms. The highest BCUT2D eigenvalue weighted by atomic mass is 16.6. The molecule has 0 radical (unpaired) electrons. The van der Waals surface area contributed by atoms with Gasteiger partial charge in [-0.25, -0.2) is 0 Å².